The number of ether oxygens (including phenoxy) is 1. The summed E-state index contributed by atoms with van der Waals surface area (Å²) in [7, 11) is 0. The van der Waals surface area contributed by atoms with Gasteiger partial charge in [-0.25, -0.2) is 9.78 Å². The Labute approximate surface area is 117 Å². The Morgan fingerprint density at radius 1 is 1.42 bits per heavy atom. The van der Waals surface area contributed by atoms with Crippen molar-refractivity contribution in [2.24, 2.45) is 0 Å². The predicted molar refractivity (Wildman–Crippen MR) is 72.0 cm³/mol. The molecule has 1 aliphatic rings. The Bertz CT molecular complexity index is 448. The van der Waals surface area contributed by atoms with Crippen molar-refractivity contribution in [2.45, 2.75) is 19.3 Å². The molecule has 1 aromatic heterocycles. The lowest BCUT2D eigenvalue weighted by Crippen LogP contribution is -2.33. The summed E-state index contributed by atoms with van der Waals surface area (Å²) in [5.41, 5.74) is 0.0633. The third-order valence-corrected chi connectivity index (χ3v) is 3.42. The average molecular weight is 285 g/mol. The zero-order chi connectivity index (χ0) is 13.7. The zero-order valence-electron chi connectivity index (χ0n) is 10.6. The van der Waals surface area contributed by atoms with E-state index < -0.39 is 5.97 Å². The highest BCUT2D eigenvalue weighted by atomic mass is 35.5. The van der Waals surface area contributed by atoms with Crippen LogP contribution in [0.4, 0.5) is 0 Å². The summed E-state index contributed by atoms with van der Waals surface area (Å²) in [5.74, 6) is -0.752. The number of carboxylic acid groups (broad SMARTS) is 1. The van der Waals surface area contributed by atoms with Crippen molar-refractivity contribution in [2.75, 3.05) is 26.2 Å². The topological polar surface area (TPSA) is 62.7 Å². The van der Waals surface area contributed by atoms with Gasteiger partial charge < -0.3 is 9.84 Å². The van der Waals surface area contributed by atoms with Gasteiger partial charge in [-0.05, 0) is 32.0 Å². The van der Waals surface area contributed by atoms with Crippen LogP contribution in [0.25, 0.3) is 0 Å². The van der Waals surface area contributed by atoms with Gasteiger partial charge in [0, 0.05) is 12.7 Å². The molecule has 104 valence electrons. The normalized spacial score (nSPS) is 16.3. The number of halogens is 1. The van der Waals surface area contributed by atoms with Gasteiger partial charge in [0.2, 0.25) is 5.88 Å². The number of aromatic carboxylic acids is 1. The van der Waals surface area contributed by atoms with Crippen molar-refractivity contribution >= 4 is 17.6 Å². The first-order valence-corrected chi connectivity index (χ1v) is 6.78. The van der Waals surface area contributed by atoms with E-state index in [2.05, 4.69) is 9.88 Å². The lowest BCUT2D eigenvalue weighted by molar-refractivity contribution is 0.0696. The molecule has 0 amide bonds. The summed E-state index contributed by atoms with van der Waals surface area (Å²) in [5, 5.41) is 9.04. The smallest absolute Gasteiger partial charge is 0.337 e. The molecule has 0 unspecified atom stereocenters. The Balaban J connectivity index is 1.83. The molecule has 5 nitrogen and oxygen atoms in total. The molecule has 1 saturated heterocycles. The van der Waals surface area contributed by atoms with E-state index in [0.717, 1.165) is 19.6 Å². The van der Waals surface area contributed by atoms with Crippen LogP contribution in [0.5, 0.6) is 5.88 Å². The Kier molecular flexibility index (Phi) is 4.99. The van der Waals surface area contributed by atoms with Crippen molar-refractivity contribution < 1.29 is 14.6 Å². The minimum absolute atomic E-state index is 0.0633. The SMILES string of the molecule is O=C(O)c1cnc(OCCN2CCCCC2)c(Cl)c1. The maximum Gasteiger partial charge on any atom is 0.337 e. The summed E-state index contributed by atoms with van der Waals surface area (Å²) in [4.78, 5) is 17.0. The number of nitrogens with zero attached hydrogens (tertiary/aromatic N) is 2. The molecule has 1 N–H and O–H groups in total. The number of carbonyl (C=O) groups is 1. The molecule has 0 radical (unpaired) electrons. The van der Waals surface area contributed by atoms with Gasteiger partial charge in [-0.15, -0.1) is 0 Å². The first kappa shape index (κ1) is 14.1. The second-order valence-corrected chi connectivity index (χ2v) is 4.97. The number of piperidine rings is 1. The molecule has 0 atom stereocenters. The molecule has 0 bridgehead atoms. The fourth-order valence-corrected chi connectivity index (χ4v) is 2.32. The summed E-state index contributed by atoms with van der Waals surface area (Å²) in [6.45, 7) is 3.59. The molecule has 2 rings (SSSR count). The largest absolute Gasteiger partial charge is 0.478 e. The first-order chi connectivity index (χ1) is 9.16. The van der Waals surface area contributed by atoms with E-state index >= 15 is 0 Å². The van der Waals surface area contributed by atoms with Gasteiger partial charge in [-0.1, -0.05) is 18.0 Å². The number of hydrogen-bond donors (Lipinski definition) is 1. The molecule has 1 aliphatic heterocycles. The molecule has 6 heteroatoms. The van der Waals surface area contributed by atoms with Crippen LogP contribution in [0.15, 0.2) is 12.3 Å². The predicted octanol–water partition coefficient (Wildman–Crippen LogP) is 2.30. The Hall–Kier alpha value is -1.33. The van der Waals surface area contributed by atoms with E-state index in [9.17, 15) is 4.79 Å². The number of rotatable bonds is 5. The van der Waals surface area contributed by atoms with Crippen LogP contribution in [0.3, 0.4) is 0 Å². The molecule has 1 fully saturated rings. The van der Waals surface area contributed by atoms with Gasteiger partial charge >= 0.3 is 5.97 Å². The number of aromatic nitrogens is 1. The number of hydrogen-bond acceptors (Lipinski definition) is 4. The average Bonchev–Trinajstić information content (AvgIpc) is 2.41. The van der Waals surface area contributed by atoms with E-state index in [1.54, 1.807) is 0 Å². The van der Waals surface area contributed by atoms with Crippen molar-refractivity contribution in [1.82, 2.24) is 9.88 Å². The fraction of sp³-hybridized carbons (Fsp3) is 0.538. The van der Waals surface area contributed by atoms with Gasteiger partial charge in [0.15, 0.2) is 0 Å². The maximum atomic E-state index is 10.7. The number of pyridine rings is 1. The monoisotopic (exact) mass is 284 g/mol. The molecular formula is C13H17ClN2O3. The van der Waals surface area contributed by atoms with Crippen LogP contribution in [-0.2, 0) is 0 Å². The van der Waals surface area contributed by atoms with E-state index in [0.29, 0.717) is 12.5 Å². The molecule has 1 aromatic rings. The third-order valence-electron chi connectivity index (χ3n) is 3.15. The summed E-state index contributed by atoms with van der Waals surface area (Å²) >= 11 is 5.93. The van der Waals surface area contributed by atoms with Crippen LogP contribution in [0.2, 0.25) is 5.02 Å². The second kappa shape index (κ2) is 6.73. The third kappa shape index (κ3) is 4.08. The minimum atomic E-state index is -1.05. The lowest BCUT2D eigenvalue weighted by Gasteiger charge is -2.26. The first-order valence-electron chi connectivity index (χ1n) is 6.41. The molecule has 2 heterocycles. The van der Waals surface area contributed by atoms with E-state index in [-0.39, 0.29) is 10.6 Å². The van der Waals surface area contributed by atoms with Crippen LogP contribution in [0.1, 0.15) is 29.6 Å². The summed E-state index contributed by atoms with van der Waals surface area (Å²) in [6, 6.07) is 1.35. The van der Waals surface area contributed by atoms with Gasteiger partial charge in [-0.2, -0.15) is 0 Å². The highest BCUT2D eigenvalue weighted by Gasteiger charge is 2.12. The molecule has 0 aromatic carbocycles. The fourth-order valence-electron chi connectivity index (χ4n) is 2.10. The molecule has 0 spiro atoms. The summed E-state index contributed by atoms with van der Waals surface area (Å²) in [6.07, 6.45) is 5.05. The Morgan fingerprint density at radius 2 is 2.16 bits per heavy atom. The van der Waals surface area contributed by atoms with Gasteiger partial charge in [0.05, 0.1) is 5.56 Å². The van der Waals surface area contributed by atoms with E-state index in [4.69, 9.17) is 21.4 Å². The van der Waals surface area contributed by atoms with E-state index in [1.165, 1.54) is 31.5 Å². The van der Waals surface area contributed by atoms with Crippen molar-refractivity contribution in [3.8, 4) is 5.88 Å². The van der Waals surface area contributed by atoms with Gasteiger partial charge in [0.1, 0.15) is 11.6 Å². The summed E-state index contributed by atoms with van der Waals surface area (Å²) < 4.78 is 5.50. The maximum absolute atomic E-state index is 10.7. The van der Waals surface area contributed by atoms with Crippen molar-refractivity contribution in [3.63, 3.8) is 0 Å². The quantitative estimate of drug-likeness (QED) is 0.899. The number of likely N-dealkylation sites (tertiary alicyclic amines) is 1. The molecule has 19 heavy (non-hydrogen) atoms. The van der Waals surface area contributed by atoms with Crippen LogP contribution >= 0.6 is 11.6 Å². The standard InChI is InChI=1S/C13H17ClN2O3/c14-11-8-10(13(17)18)9-15-12(11)19-7-6-16-4-2-1-3-5-16/h8-9H,1-7H2,(H,17,18). The van der Waals surface area contributed by atoms with E-state index in [1.807, 2.05) is 0 Å². The molecule has 0 saturated carbocycles. The van der Waals surface area contributed by atoms with Crippen molar-refractivity contribution in [1.29, 1.82) is 0 Å². The van der Waals surface area contributed by atoms with Gasteiger partial charge in [0.25, 0.3) is 0 Å². The second-order valence-electron chi connectivity index (χ2n) is 4.57. The number of carboxylic acids is 1. The molecular weight excluding hydrogens is 268 g/mol. The molecule has 0 aliphatic carbocycles. The van der Waals surface area contributed by atoms with Crippen LogP contribution < -0.4 is 4.74 Å². The van der Waals surface area contributed by atoms with Crippen molar-refractivity contribution in [3.05, 3.63) is 22.8 Å². The van der Waals surface area contributed by atoms with Crippen LogP contribution in [-0.4, -0.2) is 47.2 Å². The Morgan fingerprint density at radius 3 is 2.79 bits per heavy atom. The minimum Gasteiger partial charge on any atom is -0.478 e. The lowest BCUT2D eigenvalue weighted by atomic mass is 10.1. The highest BCUT2D eigenvalue weighted by molar-refractivity contribution is 6.32. The zero-order valence-corrected chi connectivity index (χ0v) is 11.4. The van der Waals surface area contributed by atoms with Gasteiger partial charge in [-0.3, -0.25) is 4.90 Å². The highest BCUT2D eigenvalue weighted by Crippen LogP contribution is 2.22. The van der Waals surface area contributed by atoms with Crippen LogP contribution in [0, 0.1) is 0 Å².